The first-order chi connectivity index (χ1) is 13.7. The fourth-order valence-corrected chi connectivity index (χ4v) is 5.59. The van der Waals surface area contributed by atoms with Gasteiger partial charge in [-0.15, -0.1) is 0 Å². The number of hydrogen-bond donors (Lipinski definition) is 0. The molecule has 0 radical (unpaired) electrons. The molecule has 0 saturated carbocycles. The van der Waals surface area contributed by atoms with E-state index in [1.54, 1.807) is 0 Å². The minimum Gasteiger partial charge on any atom is -0.452 e. The summed E-state index contributed by atoms with van der Waals surface area (Å²) in [6.45, 7) is 4.86. The monoisotopic (exact) mass is 422 g/mol. The van der Waals surface area contributed by atoms with Crippen molar-refractivity contribution in [2.75, 3.05) is 26.2 Å². The molecule has 0 bridgehead atoms. The van der Waals surface area contributed by atoms with Gasteiger partial charge in [-0.25, -0.2) is 13.2 Å². The van der Waals surface area contributed by atoms with Crippen LogP contribution in [0.3, 0.4) is 0 Å². The van der Waals surface area contributed by atoms with E-state index in [0.29, 0.717) is 44.3 Å². The van der Waals surface area contributed by atoms with Crippen molar-refractivity contribution in [3.8, 4) is 0 Å². The molecule has 29 heavy (non-hydrogen) atoms. The van der Waals surface area contributed by atoms with Crippen LogP contribution in [0.15, 0.2) is 29.2 Å². The number of esters is 1. The molecule has 158 valence electrons. The van der Waals surface area contributed by atoms with Gasteiger partial charge in [0.2, 0.25) is 15.9 Å². The first kappa shape index (κ1) is 21.4. The number of piperidine rings is 1. The zero-order chi connectivity index (χ0) is 21.2. The largest absolute Gasteiger partial charge is 0.452 e. The van der Waals surface area contributed by atoms with Crippen LogP contribution in [0.1, 0.15) is 43.5 Å². The molecule has 1 aromatic carbocycles. The molecule has 2 amide bonds. The molecule has 0 aromatic heterocycles. The van der Waals surface area contributed by atoms with Gasteiger partial charge in [-0.05, 0) is 48.9 Å². The van der Waals surface area contributed by atoms with Gasteiger partial charge in [0.25, 0.3) is 5.91 Å². The molecule has 8 nitrogen and oxygen atoms in total. The van der Waals surface area contributed by atoms with Gasteiger partial charge in [0, 0.05) is 26.1 Å². The molecule has 2 heterocycles. The fourth-order valence-electron chi connectivity index (χ4n) is 3.91. The standard InChI is InChI=1S/C20H26N2O6S/c1-14-10-15(2)12-21(11-14)29(26,27)17-7-5-16(6-8-17)20(25)28-13-19(24)22-9-3-4-18(22)23/h5-8,14-15H,3-4,9-13H2,1-2H3. The average molecular weight is 423 g/mol. The lowest BCUT2D eigenvalue weighted by molar-refractivity contribution is -0.143. The lowest BCUT2D eigenvalue weighted by atomic mass is 9.94. The molecule has 1 aromatic rings. The van der Waals surface area contributed by atoms with Crippen molar-refractivity contribution >= 4 is 27.8 Å². The maximum Gasteiger partial charge on any atom is 0.338 e. The number of sulfonamides is 1. The topological polar surface area (TPSA) is 101 Å². The Morgan fingerprint density at radius 2 is 1.72 bits per heavy atom. The van der Waals surface area contributed by atoms with E-state index >= 15 is 0 Å². The molecule has 0 spiro atoms. The summed E-state index contributed by atoms with van der Waals surface area (Å²) in [5, 5.41) is 0. The molecule has 2 aliphatic heterocycles. The van der Waals surface area contributed by atoms with Gasteiger partial charge in [0.1, 0.15) is 0 Å². The van der Waals surface area contributed by atoms with E-state index in [1.165, 1.54) is 28.6 Å². The maximum absolute atomic E-state index is 12.9. The van der Waals surface area contributed by atoms with Crippen LogP contribution in [0, 0.1) is 11.8 Å². The number of imide groups is 1. The smallest absolute Gasteiger partial charge is 0.338 e. The Hall–Kier alpha value is -2.26. The van der Waals surface area contributed by atoms with Gasteiger partial charge in [0.15, 0.2) is 6.61 Å². The van der Waals surface area contributed by atoms with E-state index in [4.69, 9.17) is 4.74 Å². The van der Waals surface area contributed by atoms with Crippen LogP contribution in [0.25, 0.3) is 0 Å². The van der Waals surface area contributed by atoms with Crippen molar-refractivity contribution in [1.29, 1.82) is 0 Å². The predicted octanol–water partition coefficient (Wildman–Crippen LogP) is 1.66. The highest BCUT2D eigenvalue weighted by atomic mass is 32.2. The second-order valence-corrected chi connectivity index (χ2v) is 9.85. The molecular formula is C20H26N2O6S. The number of amides is 2. The van der Waals surface area contributed by atoms with Crippen LogP contribution in [-0.4, -0.2) is 61.6 Å². The van der Waals surface area contributed by atoms with E-state index < -0.39 is 28.5 Å². The Balaban J connectivity index is 1.62. The third kappa shape index (κ3) is 4.84. The Kier molecular flexibility index (Phi) is 6.38. The minimum absolute atomic E-state index is 0.120. The van der Waals surface area contributed by atoms with E-state index in [9.17, 15) is 22.8 Å². The summed E-state index contributed by atoms with van der Waals surface area (Å²) in [6.07, 6.45) is 1.94. The summed E-state index contributed by atoms with van der Waals surface area (Å²) in [7, 11) is -3.63. The second kappa shape index (κ2) is 8.62. The summed E-state index contributed by atoms with van der Waals surface area (Å²) in [5.74, 6) is -0.963. The molecule has 0 aliphatic carbocycles. The summed E-state index contributed by atoms with van der Waals surface area (Å²) >= 11 is 0. The van der Waals surface area contributed by atoms with Gasteiger partial charge in [-0.3, -0.25) is 14.5 Å². The Morgan fingerprint density at radius 3 is 2.28 bits per heavy atom. The molecular weight excluding hydrogens is 396 g/mol. The Morgan fingerprint density at radius 1 is 1.10 bits per heavy atom. The zero-order valence-corrected chi connectivity index (χ0v) is 17.5. The fraction of sp³-hybridized carbons (Fsp3) is 0.550. The van der Waals surface area contributed by atoms with E-state index in [0.717, 1.165) is 11.3 Å². The van der Waals surface area contributed by atoms with Crippen molar-refractivity contribution < 1.29 is 27.5 Å². The van der Waals surface area contributed by atoms with Crippen molar-refractivity contribution in [3.63, 3.8) is 0 Å². The summed E-state index contributed by atoms with van der Waals surface area (Å²) in [6, 6.07) is 5.50. The zero-order valence-electron chi connectivity index (χ0n) is 16.7. The number of rotatable bonds is 5. The van der Waals surface area contributed by atoms with E-state index in [-0.39, 0.29) is 16.4 Å². The highest BCUT2D eigenvalue weighted by Crippen LogP contribution is 2.26. The number of benzene rings is 1. The highest BCUT2D eigenvalue weighted by molar-refractivity contribution is 7.89. The maximum atomic E-state index is 12.9. The molecule has 2 fully saturated rings. The molecule has 2 saturated heterocycles. The van der Waals surface area contributed by atoms with Crippen LogP contribution in [-0.2, 0) is 24.3 Å². The van der Waals surface area contributed by atoms with Gasteiger partial charge in [-0.2, -0.15) is 4.31 Å². The molecule has 9 heteroatoms. The van der Waals surface area contributed by atoms with Crippen molar-refractivity contribution in [2.24, 2.45) is 11.8 Å². The Bertz CT molecular complexity index is 886. The summed E-state index contributed by atoms with van der Waals surface area (Å²) in [4.78, 5) is 36.8. The van der Waals surface area contributed by atoms with Crippen molar-refractivity contribution in [1.82, 2.24) is 9.21 Å². The summed E-state index contributed by atoms with van der Waals surface area (Å²) < 4.78 is 32.2. The number of hydrogen-bond acceptors (Lipinski definition) is 6. The number of nitrogens with zero attached hydrogens (tertiary/aromatic N) is 2. The molecule has 2 aliphatic rings. The van der Waals surface area contributed by atoms with Gasteiger partial charge in [0.05, 0.1) is 10.5 Å². The third-order valence-corrected chi connectivity index (χ3v) is 7.11. The summed E-state index contributed by atoms with van der Waals surface area (Å²) in [5.41, 5.74) is 0.143. The number of carbonyl (C=O) groups is 3. The SMILES string of the molecule is CC1CC(C)CN(S(=O)(=O)c2ccc(C(=O)OCC(=O)N3CCCC3=O)cc2)C1. The van der Waals surface area contributed by atoms with Gasteiger partial charge in [-0.1, -0.05) is 13.8 Å². The number of likely N-dealkylation sites (tertiary alicyclic amines) is 1. The lowest BCUT2D eigenvalue weighted by Crippen LogP contribution is -2.42. The van der Waals surface area contributed by atoms with E-state index in [2.05, 4.69) is 0 Å². The lowest BCUT2D eigenvalue weighted by Gasteiger charge is -2.34. The van der Waals surface area contributed by atoms with Gasteiger partial charge < -0.3 is 4.74 Å². The van der Waals surface area contributed by atoms with Gasteiger partial charge >= 0.3 is 5.97 Å². The molecule has 2 unspecified atom stereocenters. The predicted molar refractivity (Wildman–Crippen MR) is 104 cm³/mol. The number of ether oxygens (including phenoxy) is 1. The molecule has 0 N–H and O–H groups in total. The van der Waals surface area contributed by atoms with Crippen molar-refractivity contribution in [2.45, 2.75) is 38.0 Å². The average Bonchev–Trinajstić information content (AvgIpc) is 3.11. The van der Waals surface area contributed by atoms with Crippen LogP contribution in [0.4, 0.5) is 0 Å². The Labute approximate surface area is 170 Å². The van der Waals surface area contributed by atoms with Crippen LogP contribution in [0.2, 0.25) is 0 Å². The van der Waals surface area contributed by atoms with Crippen molar-refractivity contribution in [3.05, 3.63) is 29.8 Å². The van der Waals surface area contributed by atoms with Crippen LogP contribution < -0.4 is 0 Å². The first-order valence-corrected chi connectivity index (χ1v) is 11.2. The molecule has 2 atom stereocenters. The number of carbonyl (C=O) groups excluding carboxylic acids is 3. The van der Waals surface area contributed by atoms with Crippen LogP contribution >= 0.6 is 0 Å². The quantitative estimate of drug-likeness (QED) is 0.669. The van der Waals surface area contributed by atoms with Crippen LogP contribution in [0.5, 0.6) is 0 Å². The first-order valence-electron chi connectivity index (χ1n) is 9.79. The highest BCUT2D eigenvalue weighted by Gasteiger charge is 2.32. The second-order valence-electron chi connectivity index (χ2n) is 7.91. The molecule has 3 rings (SSSR count). The minimum atomic E-state index is -3.63. The third-order valence-electron chi connectivity index (χ3n) is 5.26. The van der Waals surface area contributed by atoms with E-state index in [1.807, 2.05) is 13.8 Å². The normalized spacial score (nSPS) is 23.2.